The van der Waals surface area contributed by atoms with Gasteiger partial charge >= 0.3 is 0 Å². The first-order valence-corrected chi connectivity index (χ1v) is 9.75. The normalized spacial score (nSPS) is 11.6. The van der Waals surface area contributed by atoms with Crippen LogP contribution in [0.15, 0.2) is 39.9 Å². The van der Waals surface area contributed by atoms with Crippen LogP contribution < -0.4 is 10.6 Å². The van der Waals surface area contributed by atoms with Crippen LogP contribution in [0.25, 0.3) is 11.5 Å². The van der Waals surface area contributed by atoms with E-state index < -0.39 is 0 Å². The minimum atomic E-state index is 0.656. The van der Waals surface area contributed by atoms with Crippen LogP contribution in [0.1, 0.15) is 26.8 Å². The standard InChI is InChI=1S/C20H25N5OS/c1-13-5-7-16(8-6-13)19-25-17(12-26-19)9-10-22-20(21-4)23-11-18-14(2)24-15(3)27-18/h5-8,12H,9-11H2,1-4H3,(H2,21,22,23). The van der Waals surface area contributed by atoms with Crippen LogP contribution in [0.3, 0.4) is 0 Å². The van der Waals surface area contributed by atoms with Crippen molar-refractivity contribution >= 4 is 17.3 Å². The van der Waals surface area contributed by atoms with E-state index in [9.17, 15) is 0 Å². The molecular weight excluding hydrogens is 358 g/mol. The van der Waals surface area contributed by atoms with Gasteiger partial charge in [-0.15, -0.1) is 11.3 Å². The topological polar surface area (TPSA) is 75.3 Å². The number of aliphatic imine (C=N–C) groups is 1. The van der Waals surface area contributed by atoms with Gasteiger partial charge in [0.25, 0.3) is 0 Å². The van der Waals surface area contributed by atoms with Crippen molar-refractivity contribution in [2.75, 3.05) is 13.6 Å². The number of aryl methyl sites for hydroxylation is 3. The summed E-state index contributed by atoms with van der Waals surface area (Å²) >= 11 is 1.71. The van der Waals surface area contributed by atoms with Crippen LogP contribution >= 0.6 is 11.3 Å². The number of aromatic nitrogens is 2. The predicted octanol–water partition coefficient (Wildman–Crippen LogP) is 3.63. The van der Waals surface area contributed by atoms with E-state index in [0.29, 0.717) is 5.89 Å². The summed E-state index contributed by atoms with van der Waals surface area (Å²) in [6.45, 7) is 7.57. The molecule has 27 heavy (non-hydrogen) atoms. The molecule has 1 aromatic carbocycles. The second-order valence-corrected chi connectivity index (χ2v) is 7.64. The molecule has 0 amide bonds. The molecule has 0 saturated heterocycles. The van der Waals surface area contributed by atoms with Crippen molar-refractivity contribution in [2.24, 2.45) is 4.99 Å². The summed E-state index contributed by atoms with van der Waals surface area (Å²) in [6, 6.07) is 8.17. The molecule has 0 spiro atoms. The maximum Gasteiger partial charge on any atom is 0.226 e. The van der Waals surface area contributed by atoms with E-state index in [1.165, 1.54) is 10.4 Å². The van der Waals surface area contributed by atoms with Gasteiger partial charge in [-0.05, 0) is 32.9 Å². The second kappa shape index (κ2) is 8.81. The van der Waals surface area contributed by atoms with Gasteiger partial charge in [0.2, 0.25) is 5.89 Å². The summed E-state index contributed by atoms with van der Waals surface area (Å²) < 4.78 is 5.60. The van der Waals surface area contributed by atoms with Gasteiger partial charge < -0.3 is 15.1 Å². The van der Waals surface area contributed by atoms with Gasteiger partial charge in [-0.2, -0.15) is 0 Å². The van der Waals surface area contributed by atoms with Gasteiger partial charge in [0.1, 0.15) is 6.26 Å². The van der Waals surface area contributed by atoms with Crippen molar-refractivity contribution in [1.82, 2.24) is 20.6 Å². The first-order valence-electron chi connectivity index (χ1n) is 8.94. The third-order valence-electron chi connectivity index (χ3n) is 4.16. The summed E-state index contributed by atoms with van der Waals surface area (Å²) in [4.78, 5) is 14.5. The number of hydrogen-bond acceptors (Lipinski definition) is 5. The molecular formula is C20H25N5OS. The Hall–Kier alpha value is -2.67. The number of oxazole rings is 1. The van der Waals surface area contributed by atoms with Crippen molar-refractivity contribution < 1.29 is 4.42 Å². The highest BCUT2D eigenvalue weighted by Crippen LogP contribution is 2.19. The number of thiazole rings is 1. The van der Waals surface area contributed by atoms with Crippen LogP contribution in [0.4, 0.5) is 0 Å². The van der Waals surface area contributed by atoms with Gasteiger partial charge in [0.15, 0.2) is 5.96 Å². The van der Waals surface area contributed by atoms with Gasteiger partial charge in [0.05, 0.1) is 22.9 Å². The van der Waals surface area contributed by atoms with E-state index in [2.05, 4.69) is 44.7 Å². The molecule has 0 unspecified atom stereocenters. The van der Waals surface area contributed by atoms with E-state index in [1.807, 2.05) is 26.0 Å². The first kappa shape index (κ1) is 19.1. The number of hydrogen-bond donors (Lipinski definition) is 2. The number of rotatable bonds is 6. The minimum absolute atomic E-state index is 0.656. The van der Waals surface area contributed by atoms with E-state index in [1.54, 1.807) is 24.6 Å². The third-order valence-corrected chi connectivity index (χ3v) is 5.24. The van der Waals surface area contributed by atoms with Crippen LogP contribution in [0, 0.1) is 20.8 Å². The van der Waals surface area contributed by atoms with Gasteiger partial charge in [0, 0.05) is 30.5 Å². The van der Waals surface area contributed by atoms with Crippen molar-refractivity contribution in [2.45, 2.75) is 33.7 Å². The Kier molecular flexibility index (Phi) is 6.24. The Labute approximate surface area is 163 Å². The first-order chi connectivity index (χ1) is 13.0. The van der Waals surface area contributed by atoms with Gasteiger partial charge in [-0.3, -0.25) is 4.99 Å². The van der Waals surface area contributed by atoms with Crippen molar-refractivity contribution in [3.05, 3.63) is 57.4 Å². The molecule has 0 aliphatic rings. The zero-order valence-electron chi connectivity index (χ0n) is 16.2. The molecule has 3 rings (SSSR count). The smallest absolute Gasteiger partial charge is 0.226 e. The van der Waals surface area contributed by atoms with Gasteiger partial charge in [-0.1, -0.05) is 17.7 Å². The molecule has 6 nitrogen and oxygen atoms in total. The lowest BCUT2D eigenvalue weighted by Crippen LogP contribution is -2.37. The van der Waals surface area contributed by atoms with Crippen LogP contribution in [-0.4, -0.2) is 29.5 Å². The molecule has 0 aliphatic carbocycles. The fourth-order valence-corrected chi connectivity index (χ4v) is 3.56. The largest absolute Gasteiger partial charge is 0.444 e. The number of guanidine groups is 1. The average molecular weight is 384 g/mol. The Balaban J connectivity index is 1.48. The Morgan fingerprint density at radius 3 is 2.56 bits per heavy atom. The van der Waals surface area contributed by atoms with Crippen LogP contribution in [0.5, 0.6) is 0 Å². The van der Waals surface area contributed by atoms with Crippen LogP contribution in [0.2, 0.25) is 0 Å². The molecule has 7 heteroatoms. The third kappa shape index (κ3) is 5.17. The van der Waals surface area contributed by atoms with Crippen molar-refractivity contribution in [3.63, 3.8) is 0 Å². The number of benzene rings is 1. The highest BCUT2D eigenvalue weighted by Gasteiger charge is 2.08. The highest BCUT2D eigenvalue weighted by atomic mass is 32.1. The zero-order valence-corrected chi connectivity index (χ0v) is 17.0. The molecule has 2 heterocycles. The monoisotopic (exact) mass is 383 g/mol. The predicted molar refractivity (Wildman–Crippen MR) is 110 cm³/mol. The zero-order chi connectivity index (χ0) is 19.2. The number of nitrogens with one attached hydrogen (secondary N) is 2. The van der Waals surface area contributed by atoms with Crippen LogP contribution in [-0.2, 0) is 13.0 Å². The molecule has 0 fully saturated rings. The summed E-state index contributed by atoms with van der Waals surface area (Å²) in [5, 5.41) is 7.73. The Bertz CT molecular complexity index is 911. The summed E-state index contributed by atoms with van der Waals surface area (Å²) in [6.07, 6.45) is 2.48. The van der Waals surface area contributed by atoms with E-state index in [-0.39, 0.29) is 0 Å². The maximum absolute atomic E-state index is 5.60. The SMILES string of the molecule is CN=C(NCCc1coc(-c2ccc(C)cc2)n1)NCc1sc(C)nc1C. The van der Waals surface area contributed by atoms with Crippen molar-refractivity contribution in [3.8, 4) is 11.5 Å². The molecule has 0 atom stereocenters. The van der Waals surface area contributed by atoms with Crippen molar-refractivity contribution in [1.29, 1.82) is 0 Å². The lowest BCUT2D eigenvalue weighted by molar-refractivity contribution is 0.572. The lowest BCUT2D eigenvalue weighted by Gasteiger charge is -2.10. The molecule has 0 bridgehead atoms. The maximum atomic E-state index is 5.60. The Morgan fingerprint density at radius 2 is 1.89 bits per heavy atom. The molecule has 0 saturated carbocycles. The average Bonchev–Trinajstić information content (AvgIpc) is 3.24. The fourth-order valence-electron chi connectivity index (χ4n) is 2.68. The molecule has 3 aromatic rings. The molecule has 2 N–H and O–H groups in total. The molecule has 2 aromatic heterocycles. The quantitative estimate of drug-likeness (QED) is 0.502. The fraction of sp³-hybridized carbons (Fsp3) is 0.350. The Morgan fingerprint density at radius 1 is 1.11 bits per heavy atom. The van der Waals surface area contributed by atoms with E-state index in [0.717, 1.165) is 47.4 Å². The molecule has 0 aliphatic heterocycles. The second-order valence-electron chi connectivity index (χ2n) is 6.35. The van der Waals surface area contributed by atoms with E-state index in [4.69, 9.17) is 4.42 Å². The number of nitrogens with zero attached hydrogens (tertiary/aromatic N) is 3. The highest BCUT2D eigenvalue weighted by molar-refractivity contribution is 7.11. The molecule has 142 valence electrons. The summed E-state index contributed by atoms with van der Waals surface area (Å²) in [7, 11) is 1.77. The molecule has 0 radical (unpaired) electrons. The minimum Gasteiger partial charge on any atom is -0.444 e. The summed E-state index contributed by atoms with van der Waals surface area (Å²) in [5.74, 6) is 1.42. The van der Waals surface area contributed by atoms with Gasteiger partial charge in [-0.25, -0.2) is 9.97 Å². The van der Waals surface area contributed by atoms with E-state index >= 15 is 0 Å². The lowest BCUT2D eigenvalue weighted by atomic mass is 10.1. The summed E-state index contributed by atoms with van der Waals surface area (Å²) in [5.41, 5.74) is 4.21.